The van der Waals surface area contributed by atoms with Gasteiger partial charge in [-0.3, -0.25) is 5.10 Å². The SMILES string of the molecule is COCCc1[nH]nc(N)c1-c1ccc(C)cc1. The van der Waals surface area contributed by atoms with Crippen molar-refractivity contribution in [1.82, 2.24) is 10.2 Å². The first-order chi connectivity index (χ1) is 8.22. The fourth-order valence-corrected chi connectivity index (χ4v) is 1.82. The molecule has 1 aromatic heterocycles. The standard InChI is InChI=1S/C13H17N3O/c1-9-3-5-10(6-4-9)12-11(7-8-17-2)15-16-13(12)14/h3-6H,7-8H2,1-2H3,(H3,14,15,16). The molecule has 0 radical (unpaired) electrons. The minimum atomic E-state index is 0.542. The van der Waals surface area contributed by atoms with Crippen LogP contribution in [-0.2, 0) is 11.2 Å². The molecule has 0 bridgehead atoms. The van der Waals surface area contributed by atoms with Gasteiger partial charge in [-0.05, 0) is 12.5 Å². The molecule has 0 aliphatic rings. The summed E-state index contributed by atoms with van der Waals surface area (Å²) in [5.74, 6) is 0.542. The summed E-state index contributed by atoms with van der Waals surface area (Å²) in [5.41, 5.74) is 10.2. The van der Waals surface area contributed by atoms with Crippen LogP contribution in [-0.4, -0.2) is 23.9 Å². The molecule has 4 nitrogen and oxygen atoms in total. The maximum atomic E-state index is 5.90. The van der Waals surface area contributed by atoms with E-state index in [1.54, 1.807) is 7.11 Å². The number of nitrogens with one attached hydrogen (secondary N) is 1. The van der Waals surface area contributed by atoms with E-state index in [9.17, 15) is 0 Å². The average molecular weight is 231 g/mol. The van der Waals surface area contributed by atoms with E-state index in [0.717, 1.165) is 23.2 Å². The van der Waals surface area contributed by atoms with Crippen molar-refractivity contribution in [2.24, 2.45) is 0 Å². The lowest BCUT2D eigenvalue weighted by atomic mass is 10.0. The first-order valence-electron chi connectivity index (χ1n) is 5.61. The number of anilines is 1. The van der Waals surface area contributed by atoms with Crippen LogP contribution < -0.4 is 5.73 Å². The number of hydrogen-bond donors (Lipinski definition) is 2. The molecule has 1 heterocycles. The van der Waals surface area contributed by atoms with Crippen molar-refractivity contribution < 1.29 is 4.74 Å². The molecular formula is C13H17N3O. The molecule has 3 N–H and O–H groups in total. The molecule has 0 amide bonds. The van der Waals surface area contributed by atoms with Crippen molar-refractivity contribution in [3.63, 3.8) is 0 Å². The summed E-state index contributed by atoms with van der Waals surface area (Å²) < 4.78 is 5.08. The molecule has 2 rings (SSSR count). The maximum absolute atomic E-state index is 5.90. The van der Waals surface area contributed by atoms with Crippen molar-refractivity contribution >= 4 is 5.82 Å². The van der Waals surface area contributed by atoms with Crippen LogP contribution in [0.5, 0.6) is 0 Å². The second-order valence-electron chi connectivity index (χ2n) is 4.07. The summed E-state index contributed by atoms with van der Waals surface area (Å²) in [5, 5.41) is 7.03. The van der Waals surface area contributed by atoms with Gasteiger partial charge in [0.15, 0.2) is 5.82 Å². The lowest BCUT2D eigenvalue weighted by Crippen LogP contribution is -1.97. The predicted octanol–water partition coefficient (Wildman–Crippen LogP) is 2.16. The van der Waals surface area contributed by atoms with Crippen LogP contribution >= 0.6 is 0 Å². The van der Waals surface area contributed by atoms with Gasteiger partial charge in [0.1, 0.15) is 0 Å². The molecule has 0 saturated heterocycles. The molecule has 90 valence electrons. The van der Waals surface area contributed by atoms with E-state index in [1.165, 1.54) is 5.56 Å². The minimum absolute atomic E-state index is 0.542. The lowest BCUT2D eigenvalue weighted by molar-refractivity contribution is 0.201. The number of rotatable bonds is 4. The van der Waals surface area contributed by atoms with E-state index in [-0.39, 0.29) is 0 Å². The van der Waals surface area contributed by atoms with Gasteiger partial charge < -0.3 is 10.5 Å². The summed E-state index contributed by atoms with van der Waals surface area (Å²) in [4.78, 5) is 0. The molecular weight excluding hydrogens is 214 g/mol. The number of benzene rings is 1. The van der Waals surface area contributed by atoms with Crippen LogP contribution in [0.25, 0.3) is 11.1 Å². The largest absolute Gasteiger partial charge is 0.384 e. The molecule has 0 saturated carbocycles. The Morgan fingerprint density at radius 3 is 2.65 bits per heavy atom. The molecule has 4 heteroatoms. The number of nitrogens with zero attached hydrogens (tertiary/aromatic N) is 1. The van der Waals surface area contributed by atoms with Crippen LogP contribution in [0.15, 0.2) is 24.3 Å². The van der Waals surface area contributed by atoms with Gasteiger partial charge in [0, 0.05) is 24.8 Å². The number of H-pyrrole nitrogens is 1. The summed E-state index contributed by atoms with van der Waals surface area (Å²) in [6, 6.07) is 8.27. The Labute approximate surface area is 101 Å². The Balaban J connectivity index is 2.36. The molecule has 0 fully saturated rings. The number of nitrogen functional groups attached to an aromatic ring is 1. The number of nitrogens with two attached hydrogens (primary N) is 1. The highest BCUT2D eigenvalue weighted by Gasteiger charge is 2.12. The second kappa shape index (κ2) is 5.01. The van der Waals surface area contributed by atoms with Gasteiger partial charge in [0.05, 0.1) is 6.61 Å². The number of ether oxygens (including phenoxy) is 1. The first kappa shape index (κ1) is 11.7. The molecule has 2 aromatic rings. The molecule has 17 heavy (non-hydrogen) atoms. The van der Waals surface area contributed by atoms with Gasteiger partial charge >= 0.3 is 0 Å². The molecule has 0 unspecified atom stereocenters. The zero-order chi connectivity index (χ0) is 12.3. The van der Waals surface area contributed by atoms with Crippen LogP contribution in [0.1, 0.15) is 11.3 Å². The van der Waals surface area contributed by atoms with Gasteiger partial charge in [0.25, 0.3) is 0 Å². The highest BCUT2D eigenvalue weighted by atomic mass is 16.5. The molecule has 0 aliphatic carbocycles. The third-order valence-corrected chi connectivity index (χ3v) is 2.77. The normalized spacial score (nSPS) is 10.7. The van der Waals surface area contributed by atoms with Crippen LogP contribution in [0.3, 0.4) is 0 Å². The average Bonchev–Trinajstić information content (AvgIpc) is 2.69. The monoisotopic (exact) mass is 231 g/mol. The molecule has 0 spiro atoms. The third kappa shape index (κ3) is 2.47. The van der Waals surface area contributed by atoms with Gasteiger partial charge in [-0.25, -0.2) is 0 Å². The van der Waals surface area contributed by atoms with Crippen molar-refractivity contribution in [3.05, 3.63) is 35.5 Å². The van der Waals surface area contributed by atoms with Crippen LogP contribution in [0, 0.1) is 6.92 Å². The van der Waals surface area contributed by atoms with Crippen LogP contribution in [0.4, 0.5) is 5.82 Å². The second-order valence-corrected chi connectivity index (χ2v) is 4.07. The Kier molecular flexibility index (Phi) is 3.44. The topological polar surface area (TPSA) is 63.9 Å². The Morgan fingerprint density at radius 1 is 1.29 bits per heavy atom. The third-order valence-electron chi connectivity index (χ3n) is 2.77. The van der Waals surface area contributed by atoms with E-state index in [0.29, 0.717) is 12.4 Å². The number of aromatic amines is 1. The first-order valence-corrected chi connectivity index (χ1v) is 5.61. The van der Waals surface area contributed by atoms with E-state index < -0.39 is 0 Å². The number of hydrogen-bond acceptors (Lipinski definition) is 3. The summed E-state index contributed by atoms with van der Waals surface area (Å²) in [6.07, 6.45) is 0.782. The zero-order valence-corrected chi connectivity index (χ0v) is 10.2. The highest BCUT2D eigenvalue weighted by Crippen LogP contribution is 2.28. The van der Waals surface area contributed by atoms with Gasteiger partial charge in [-0.2, -0.15) is 5.10 Å². The van der Waals surface area contributed by atoms with E-state index in [4.69, 9.17) is 10.5 Å². The number of methoxy groups -OCH3 is 1. The van der Waals surface area contributed by atoms with E-state index in [1.807, 2.05) is 0 Å². The quantitative estimate of drug-likeness (QED) is 0.847. The lowest BCUT2D eigenvalue weighted by Gasteiger charge is -2.04. The van der Waals surface area contributed by atoms with Crippen molar-refractivity contribution in [1.29, 1.82) is 0 Å². The number of aromatic nitrogens is 2. The Morgan fingerprint density at radius 2 is 2.00 bits per heavy atom. The summed E-state index contributed by atoms with van der Waals surface area (Å²) >= 11 is 0. The summed E-state index contributed by atoms with van der Waals surface area (Å²) in [6.45, 7) is 2.72. The zero-order valence-electron chi connectivity index (χ0n) is 10.2. The smallest absolute Gasteiger partial charge is 0.153 e. The predicted molar refractivity (Wildman–Crippen MR) is 68.8 cm³/mol. The van der Waals surface area contributed by atoms with Gasteiger partial charge in [-0.15, -0.1) is 0 Å². The van der Waals surface area contributed by atoms with Crippen molar-refractivity contribution in [2.75, 3.05) is 19.5 Å². The molecule has 0 aliphatic heterocycles. The van der Waals surface area contributed by atoms with E-state index >= 15 is 0 Å². The van der Waals surface area contributed by atoms with Crippen molar-refractivity contribution in [2.45, 2.75) is 13.3 Å². The summed E-state index contributed by atoms with van der Waals surface area (Å²) in [7, 11) is 1.69. The van der Waals surface area contributed by atoms with Gasteiger partial charge in [-0.1, -0.05) is 29.8 Å². The molecule has 0 atom stereocenters. The van der Waals surface area contributed by atoms with Crippen molar-refractivity contribution in [3.8, 4) is 11.1 Å². The Bertz CT molecular complexity index is 488. The fourth-order valence-electron chi connectivity index (χ4n) is 1.82. The molecule has 1 aromatic carbocycles. The minimum Gasteiger partial charge on any atom is -0.384 e. The van der Waals surface area contributed by atoms with Crippen LogP contribution in [0.2, 0.25) is 0 Å². The highest BCUT2D eigenvalue weighted by molar-refractivity contribution is 5.76. The fraction of sp³-hybridized carbons (Fsp3) is 0.308. The van der Waals surface area contributed by atoms with E-state index in [2.05, 4.69) is 41.4 Å². The maximum Gasteiger partial charge on any atom is 0.153 e. The Hall–Kier alpha value is -1.81. The number of aryl methyl sites for hydroxylation is 1. The van der Waals surface area contributed by atoms with Gasteiger partial charge in [0.2, 0.25) is 0 Å².